The number of hydrogen-bond acceptors (Lipinski definition) is 5. The van der Waals surface area contributed by atoms with Gasteiger partial charge in [0, 0.05) is 47.6 Å². The van der Waals surface area contributed by atoms with Crippen LogP contribution in [0.3, 0.4) is 0 Å². The summed E-state index contributed by atoms with van der Waals surface area (Å²) in [5.74, 6) is 1.58. The summed E-state index contributed by atoms with van der Waals surface area (Å²) in [5, 5.41) is 13.1. The summed E-state index contributed by atoms with van der Waals surface area (Å²) < 4.78 is 9.22. The topological polar surface area (TPSA) is 49.9 Å². The van der Waals surface area contributed by atoms with Crippen LogP contribution in [0.5, 0.6) is 0 Å². The third-order valence-electron chi connectivity index (χ3n) is 10.3. The Balaban J connectivity index is 1.08. The van der Waals surface area contributed by atoms with Gasteiger partial charge in [0.2, 0.25) is 0 Å². The molecule has 3 heterocycles. The van der Waals surface area contributed by atoms with Crippen molar-refractivity contribution in [1.82, 2.24) is 5.32 Å². The van der Waals surface area contributed by atoms with E-state index in [0.29, 0.717) is 0 Å². The number of thiophene rings is 1. The highest BCUT2D eigenvalue weighted by molar-refractivity contribution is 7.25. The molecule has 11 rings (SSSR count). The summed E-state index contributed by atoms with van der Waals surface area (Å²) in [4.78, 5) is 10.7. The molecule has 1 aliphatic heterocycles. The molecule has 0 spiro atoms. The molecule has 10 aromatic rings. The number of fused-ring (bicyclic) bond motifs is 9. The van der Waals surface area contributed by atoms with E-state index >= 15 is 0 Å². The van der Waals surface area contributed by atoms with Gasteiger partial charge in [0.25, 0.3) is 0 Å². The van der Waals surface area contributed by atoms with Gasteiger partial charge in [0.1, 0.15) is 22.8 Å². The Bertz CT molecular complexity index is 3120. The van der Waals surface area contributed by atoms with Crippen molar-refractivity contribution >= 4 is 86.7 Å². The van der Waals surface area contributed by atoms with Gasteiger partial charge in [0.05, 0.1) is 0 Å². The molecule has 1 atom stereocenters. The second-order valence-electron chi connectivity index (χ2n) is 13.4. The summed E-state index contributed by atoms with van der Waals surface area (Å²) in [7, 11) is 0. The van der Waals surface area contributed by atoms with Crippen LogP contribution in [0.25, 0.3) is 74.8 Å². The fraction of sp³-hybridized carbons (Fsp3) is 0.0213. The van der Waals surface area contributed by atoms with E-state index in [-0.39, 0.29) is 0 Å². The summed E-state index contributed by atoms with van der Waals surface area (Å²) >= 11 is 1.84. The average molecular weight is 684 g/mol. The largest absolute Gasteiger partial charge is 0.456 e. The van der Waals surface area contributed by atoms with E-state index in [1.54, 1.807) is 0 Å². The highest BCUT2D eigenvalue weighted by Gasteiger charge is 2.25. The zero-order valence-corrected chi connectivity index (χ0v) is 28.7. The maximum absolute atomic E-state index is 6.61. The smallest absolute Gasteiger partial charge is 0.170 e. The molecule has 0 fully saturated rings. The average Bonchev–Trinajstić information content (AvgIpc) is 3.78. The van der Waals surface area contributed by atoms with Crippen molar-refractivity contribution < 1.29 is 4.42 Å². The van der Waals surface area contributed by atoms with Gasteiger partial charge in [-0.15, -0.1) is 11.3 Å². The van der Waals surface area contributed by atoms with Gasteiger partial charge in [-0.2, -0.15) is 0 Å². The molecule has 0 aliphatic carbocycles. The van der Waals surface area contributed by atoms with Crippen LogP contribution in [-0.4, -0.2) is 11.7 Å². The number of hydrogen-bond donors (Lipinski definition) is 1. The molecule has 1 aliphatic rings. The van der Waals surface area contributed by atoms with Crippen LogP contribution in [-0.2, 0) is 0 Å². The monoisotopic (exact) mass is 683 g/mol. The molecule has 0 amide bonds. The first-order valence-corrected chi connectivity index (χ1v) is 18.3. The molecule has 0 bridgehead atoms. The van der Waals surface area contributed by atoms with E-state index < -0.39 is 6.17 Å². The second kappa shape index (κ2) is 11.5. The van der Waals surface area contributed by atoms with Crippen molar-refractivity contribution in [3.63, 3.8) is 0 Å². The van der Waals surface area contributed by atoms with Crippen LogP contribution >= 0.6 is 11.3 Å². The van der Waals surface area contributed by atoms with E-state index in [2.05, 4.69) is 145 Å². The Morgan fingerprint density at radius 1 is 0.462 bits per heavy atom. The molecule has 244 valence electrons. The van der Waals surface area contributed by atoms with Gasteiger partial charge in [0.15, 0.2) is 6.17 Å². The molecular formula is C47H29N3OS. The van der Waals surface area contributed by atoms with Crippen LogP contribution in [0.15, 0.2) is 178 Å². The lowest BCUT2D eigenvalue weighted by atomic mass is 9.96. The normalized spacial score (nSPS) is 14.7. The molecular weight excluding hydrogens is 655 g/mol. The standard InChI is InChI=1S/C47H29N3OS/c1-2-11-28(12-3-1)45-48-46(50-47(49-45)39-26-31-13-4-5-14-32(31)33-15-6-7-16-34(33)39)37-18-10-19-40-44(37)36-23-21-30(27-41(36)51-40)29-22-24-43-38(25-29)35-17-8-9-20-42(35)52-43/h1-27,46H,(H,48,49,50). The Morgan fingerprint density at radius 2 is 1.17 bits per heavy atom. The number of nitrogens with one attached hydrogen (secondary N) is 1. The van der Waals surface area contributed by atoms with Crippen molar-refractivity contribution in [2.24, 2.45) is 9.98 Å². The molecule has 0 saturated heterocycles. The third kappa shape index (κ3) is 4.60. The van der Waals surface area contributed by atoms with Gasteiger partial charge in [-0.3, -0.25) is 0 Å². The minimum absolute atomic E-state index is 0.491. The van der Waals surface area contributed by atoms with E-state index in [4.69, 9.17) is 14.4 Å². The van der Waals surface area contributed by atoms with Crippen molar-refractivity contribution in [1.29, 1.82) is 0 Å². The molecule has 0 saturated carbocycles. The fourth-order valence-corrected chi connectivity index (χ4v) is 8.96. The maximum atomic E-state index is 6.61. The lowest BCUT2D eigenvalue weighted by Crippen LogP contribution is -2.36. The number of aliphatic imine (C=N–C) groups is 2. The van der Waals surface area contributed by atoms with E-state index in [9.17, 15) is 0 Å². The van der Waals surface area contributed by atoms with Crippen molar-refractivity contribution in [3.8, 4) is 11.1 Å². The Morgan fingerprint density at radius 3 is 2.08 bits per heavy atom. The van der Waals surface area contributed by atoms with Crippen LogP contribution < -0.4 is 5.32 Å². The summed E-state index contributed by atoms with van der Waals surface area (Å²) in [6, 6.07) is 57.9. The highest BCUT2D eigenvalue weighted by atomic mass is 32.1. The zero-order valence-electron chi connectivity index (χ0n) is 27.9. The predicted molar refractivity (Wildman–Crippen MR) is 219 cm³/mol. The van der Waals surface area contributed by atoms with Gasteiger partial charge >= 0.3 is 0 Å². The Hall–Kier alpha value is -6.56. The first kappa shape index (κ1) is 29.2. The van der Waals surface area contributed by atoms with Gasteiger partial charge in [-0.1, -0.05) is 121 Å². The van der Waals surface area contributed by atoms with Gasteiger partial charge in [-0.05, 0) is 75.1 Å². The summed E-state index contributed by atoms with van der Waals surface area (Å²) in [6.07, 6.45) is -0.491. The second-order valence-corrected chi connectivity index (χ2v) is 14.4. The number of amidine groups is 2. The quantitative estimate of drug-likeness (QED) is 0.188. The summed E-state index contributed by atoms with van der Waals surface area (Å²) in [5.41, 5.74) is 7.03. The Labute approximate surface area is 303 Å². The van der Waals surface area contributed by atoms with Crippen LogP contribution in [0.2, 0.25) is 0 Å². The zero-order chi connectivity index (χ0) is 34.2. The molecule has 5 heteroatoms. The third-order valence-corrected chi connectivity index (χ3v) is 11.5. The first-order chi connectivity index (χ1) is 25.7. The number of rotatable bonds is 4. The molecule has 2 aromatic heterocycles. The van der Waals surface area contributed by atoms with Crippen molar-refractivity contribution in [2.75, 3.05) is 0 Å². The number of nitrogens with zero attached hydrogens (tertiary/aromatic N) is 2. The molecule has 4 nitrogen and oxygen atoms in total. The predicted octanol–water partition coefficient (Wildman–Crippen LogP) is 12.4. The first-order valence-electron chi connectivity index (χ1n) is 17.5. The minimum atomic E-state index is -0.491. The van der Waals surface area contributed by atoms with E-state index in [1.807, 2.05) is 35.6 Å². The molecule has 52 heavy (non-hydrogen) atoms. The van der Waals surface area contributed by atoms with Crippen LogP contribution in [0, 0.1) is 0 Å². The maximum Gasteiger partial charge on any atom is 0.170 e. The van der Waals surface area contributed by atoms with E-state index in [0.717, 1.165) is 61.2 Å². The minimum Gasteiger partial charge on any atom is -0.456 e. The summed E-state index contributed by atoms with van der Waals surface area (Å²) in [6.45, 7) is 0. The molecule has 1 N–H and O–H groups in total. The molecule has 0 radical (unpaired) electrons. The fourth-order valence-electron chi connectivity index (χ4n) is 7.87. The van der Waals surface area contributed by atoms with Crippen LogP contribution in [0.4, 0.5) is 0 Å². The number of furan rings is 1. The van der Waals surface area contributed by atoms with E-state index in [1.165, 1.54) is 41.9 Å². The molecule has 8 aromatic carbocycles. The Kier molecular flexibility index (Phi) is 6.45. The van der Waals surface area contributed by atoms with Gasteiger partial charge in [-0.25, -0.2) is 9.98 Å². The van der Waals surface area contributed by atoms with Crippen LogP contribution in [0.1, 0.15) is 22.9 Å². The van der Waals surface area contributed by atoms with Crippen molar-refractivity contribution in [2.45, 2.75) is 6.17 Å². The van der Waals surface area contributed by atoms with Crippen molar-refractivity contribution in [3.05, 3.63) is 180 Å². The van der Waals surface area contributed by atoms with Gasteiger partial charge < -0.3 is 9.73 Å². The molecule has 1 unspecified atom stereocenters. The SMILES string of the molecule is c1ccc(C2=NC(c3cccc4oc5cc(-c6ccc7sc8ccccc8c7c6)ccc5c34)N=C(c3cc4ccccc4c4ccccc34)N2)cc1. The highest BCUT2D eigenvalue weighted by Crippen LogP contribution is 2.41. The number of benzene rings is 8. The lowest BCUT2D eigenvalue weighted by Gasteiger charge is -2.24. The lowest BCUT2D eigenvalue weighted by molar-refractivity contribution is 0.668.